The summed E-state index contributed by atoms with van der Waals surface area (Å²) in [7, 11) is 1.96. The maximum Gasteiger partial charge on any atom is 0.0640 e. The van der Waals surface area contributed by atoms with Crippen molar-refractivity contribution in [3.05, 3.63) is 33.8 Å². The molecule has 0 amide bonds. The molecule has 3 nitrogen and oxygen atoms in total. The van der Waals surface area contributed by atoms with Gasteiger partial charge in [-0.3, -0.25) is 4.90 Å². The van der Waals surface area contributed by atoms with Crippen LogP contribution < -0.4 is 5.32 Å². The SMILES string of the molecule is CNC(c1cccc(Cl)c1Cl)C(C)(C)N1CCOCC1. The molecule has 1 aliphatic heterocycles. The normalized spacial score (nSPS) is 19.1. The fourth-order valence-electron chi connectivity index (χ4n) is 2.95. The lowest BCUT2D eigenvalue weighted by Gasteiger charge is -2.46. The summed E-state index contributed by atoms with van der Waals surface area (Å²) in [5.41, 5.74) is 0.963. The van der Waals surface area contributed by atoms with E-state index in [4.69, 9.17) is 27.9 Å². The van der Waals surface area contributed by atoms with Gasteiger partial charge in [0.2, 0.25) is 0 Å². The van der Waals surface area contributed by atoms with E-state index in [-0.39, 0.29) is 11.6 Å². The smallest absolute Gasteiger partial charge is 0.0640 e. The molecule has 1 N–H and O–H groups in total. The van der Waals surface area contributed by atoms with Crippen LogP contribution in [0.15, 0.2) is 18.2 Å². The van der Waals surface area contributed by atoms with E-state index in [1.165, 1.54) is 0 Å². The molecule has 0 spiro atoms. The van der Waals surface area contributed by atoms with Gasteiger partial charge in [0.15, 0.2) is 0 Å². The molecule has 1 aromatic rings. The summed E-state index contributed by atoms with van der Waals surface area (Å²) in [6.45, 7) is 7.90. The summed E-state index contributed by atoms with van der Waals surface area (Å²) in [6.07, 6.45) is 0. The Hall–Kier alpha value is -0.320. The van der Waals surface area contributed by atoms with E-state index in [1.807, 2.05) is 25.2 Å². The van der Waals surface area contributed by atoms with Crippen molar-refractivity contribution in [3.8, 4) is 0 Å². The number of benzene rings is 1. The summed E-state index contributed by atoms with van der Waals surface area (Å²) in [6, 6.07) is 5.91. The molecule has 1 saturated heterocycles. The van der Waals surface area contributed by atoms with Gasteiger partial charge in [0.05, 0.1) is 29.3 Å². The molecule has 2 rings (SSSR count). The largest absolute Gasteiger partial charge is 0.379 e. The molecule has 0 bridgehead atoms. The monoisotopic (exact) mass is 316 g/mol. The predicted octanol–water partition coefficient (Wildman–Crippen LogP) is 3.36. The number of hydrogen-bond acceptors (Lipinski definition) is 3. The summed E-state index contributed by atoms with van der Waals surface area (Å²) in [5.74, 6) is 0. The first kappa shape index (κ1) is 16.1. The van der Waals surface area contributed by atoms with Crippen molar-refractivity contribution in [3.63, 3.8) is 0 Å². The molecule has 1 fully saturated rings. The Morgan fingerprint density at radius 2 is 1.90 bits per heavy atom. The molecule has 0 radical (unpaired) electrons. The lowest BCUT2D eigenvalue weighted by molar-refractivity contribution is -0.0229. The average molecular weight is 317 g/mol. The van der Waals surface area contributed by atoms with E-state index in [2.05, 4.69) is 24.1 Å². The third-order valence-electron chi connectivity index (χ3n) is 4.11. The highest BCUT2D eigenvalue weighted by atomic mass is 35.5. The Labute approximate surface area is 131 Å². The van der Waals surface area contributed by atoms with E-state index < -0.39 is 0 Å². The number of morpholine rings is 1. The maximum absolute atomic E-state index is 6.40. The maximum atomic E-state index is 6.40. The van der Waals surface area contributed by atoms with E-state index in [9.17, 15) is 0 Å². The van der Waals surface area contributed by atoms with Gasteiger partial charge in [0.1, 0.15) is 0 Å². The van der Waals surface area contributed by atoms with Crippen LogP contribution in [0.25, 0.3) is 0 Å². The van der Waals surface area contributed by atoms with E-state index >= 15 is 0 Å². The Kier molecular flexibility index (Phi) is 5.32. The highest BCUT2D eigenvalue weighted by molar-refractivity contribution is 6.42. The van der Waals surface area contributed by atoms with Gasteiger partial charge in [-0.15, -0.1) is 0 Å². The molecule has 1 aromatic carbocycles. The van der Waals surface area contributed by atoms with Crippen LogP contribution in [0.2, 0.25) is 10.0 Å². The summed E-state index contributed by atoms with van der Waals surface area (Å²) in [5, 5.41) is 4.63. The van der Waals surface area contributed by atoms with Crippen molar-refractivity contribution in [2.45, 2.75) is 25.4 Å². The van der Waals surface area contributed by atoms with Gasteiger partial charge >= 0.3 is 0 Å². The molecular formula is C15H22Cl2N2O. The molecule has 1 heterocycles. The van der Waals surface area contributed by atoms with Gasteiger partial charge in [-0.1, -0.05) is 35.3 Å². The van der Waals surface area contributed by atoms with E-state index in [0.29, 0.717) is 10.0 Å². The Bertz CT molecular complexity index is 459. The highest BCUT2D eigenvalue weighted by Gasteiger charge is 2.37. The minimum absolute atomic E-state index is 0.0765. The number of rotatable bonds is 4. The minimum Gasteiger partial charge on any atom is -0.379 e. The van der Waals surface area contributed by atoms with Gasteiger partial charge in [-0.05, 0) is 32.5 Å². The van der Waals surface area contributed by atoms with E-state index in [1.54, 1.807) is 0 Å². The van der Waals surface area contributed by atoms with Crippen LogP contribution in [-0.2, 0) is 4.74 Å². The fourth-order valence-corrected chi connectivity index (χ4v) is 3.37. The molecule has 0 aromatic heterocycles. The molecule has 112 valence electrons. The minimum atomic E-state index is -0.0765. The Balaban J connectivity index is 2.32. The molecule has 0 aliphatic carbocycles. The van der Waals surface area contributed by atoms with Crippen molar-refractivity contribution in [2.24, 2.45) is 0 Å². The van der Waals surface area contributed by atoms with Crippen LogP contribution in [0.3, 0.4) is 0 Å². The van der Waals surface area contributed by atoms with Crippen molar-refractivity contribution in [1.29, 1.82) is 0 Å². The third kappa shape index (κ3) is 3.12. The number of nitrogens with zero attached hydrogens (tertiary/aromatic N) is 1. The summed E-state index contributed by atoms with van der Waals surface area (Å²) in [4.78, 5) is 2.44. The first-order valence-corrected chi connectivity index (χ1v) is 7.68. The zero-order chi connectivity index (χ0) is 14.8. The van der Waals surface area contributed by atoms with Crippen LogP contribution in [0.1, 0.15) is 25.5 Å². The van der Waals surface area contributed by atoms with Crippen LogP contribution in [0, 0.1) is 0 Å². The van der Waals surface area contributed by atoms with Gasteiger partial charge in [0.25, 0.3) is 0 Å². The molecular weight excluding hydrogens is 295 g/mol. The lowest BCUT2D eigenvalue weighted by atomic mass is 9.86. The molecule has 1 aliphatic rings. The van der Waals surface area contributed by atoms with Gasteiger partial charge < -0.3 is 10.1 Å². The Morgan fingerprint density at radius 1 is 1.25 bits per heavy atom. The molecule has 1 unspecified atom stereocenters. The molecule has 5 heteroatoms. The second-order valence-electron chi connectivity index (χ2n) is 5.62. The third-order valence-corrected chi connectivity index (χ3v) is 4.95. The summed E-state index contributed by atoms with van der Waals surface area (Å²) < 4.78 is 5.45. The predicted molar refractivity (Wildman–Crippen MR) is 84.7 cm³/mol. The number of likely N-dealkylation sites (N-methyl/N-ethyl adjacent to an activating group) is 1. The Morgan fingerprint density at radius 3 is 2.50 bits per heavy atom. The van der Waals surface area contributed by atoms with Crippen LogP contribution in [0.5, 0.6) is 0 Å². The fraction of sp³-hybridized carbons (Fsp3) is 0.600. The standard InChI is InChI=1S/C15H22Cl2N2O/c1-15(2,19-7-9-20-10-8-19)14(18-3)11-5-4-6-12(16)13(11)17/h4-6,14,18H,7-10H2,1-3H3. The van der Waals surface area contributed by atoms with Gasteiger partial charge in [-0.25, -0.2) is 0 Å². The van der Waals surface area contributed by atoms with E-state index in [0.717, 1.165) is 31.9 Å². The number of halogens is 2. The molecule has 0 saturated carbocycles. The second kappa shape index (κ2) is 6.63. The van der Waals surface area contributed by atoms with Crippen LogP contribution in [-0.4, -0.2) is 43.8 Å². The zero-order valence-electron chi connectivity index (χ0n) is 12.2. The number of nitrogens with one attached hydrogen (secondary N) is 1. The van der Waals surface area contributed by atoms with Gasteiger partial charge in [-0.2, -0.15) is 0 Å². The number of hydrogen-bond donors (Lipinski definition) is 1. The summed E-state index contributed by atoms with van der Waals surface area (Å²) >= 11 is 12.6. The molecule has 20 heavy (non-hydrogen) atoms. The first-order chi connectivity index (χ1) is 9.48. The van der Waals surface area contributed by atoms with Crippen molar-refractivity contribution in [2.75, 3.05) is 33.4 Å². The number of ether oxygens (including phenoxy) is 1. The second-order valence-corrected chi connectivity index (χ2v) is 6.40. The average Bonchev–Trinajstić information content (AvgIpc) is 2.45. The van der Waals surface area contributed by atoms with Crippen LogP contribution in [0.4, 0.5) is 0 Å². The van der Waals surface area contributed by atoms with Gasteiger partial charge in [0, 0.05) is 18.6 Å². The zero-order valence-corrected chi connectivity index (χ0v) is 13.8. The molecule has 1 atom stereocenters. The van der Waals surface area contributed by atoms with Crippen molar-refractivity contribution in [1.82, 2.24) is 10.2 Å². The first-order valence-electron chi connectivity index (χ1n) is 6.92. The topological polar surface area (TPSA) is 24.5 Å². The lowest BCUT2D eigenvalue weighted by Crippen LogP contribution is -2.55. The van der Waals surface area contributed by atoms with Crippen molar-refractivity contribution >= 4 is 23.2 Å². The quantitative estimate of drug-likeness (QED) is 0.921. The highest BCUT2D eigenvalue weighted by Crippen LogP contribution is 2.37. The van der Waals surface area contributed by atoms with Crippen molar-refractivity contribution < 1.29 is 4.74 Å². The van der Waals surface area contributed by atoms with Crippen LogP contribution >= 0.6 is 23.2 Å².